The van der Waals surface area contributed by atoms with Crippen LogP contribution in [0.5, 0.6) is 5.75 Å². The van der Waals surface area contributed by atoms with Crippen LogP contribution < -0.4 is 10.1 Å². The minimum atomic E-state index is -2.62. The summed E-state index contributed by atoms with van der Waals surface area (Å²) in [4.78, 5) is 11.7. The van der Waals surface area contributed by atoms with Crippen LogP contribution in [0.3, 0.4) is 0 Å². The Bertz CT molecular complexity index is 760. The zero-order valence-electron chi connectivity index (χ0n) is 15.4. The molecule has 0 bridgehead atoms. The highest BCUT2D eigenvalue weighted by Gasteiger charge is 2.18. The van der Waals surface area contributed by atoms with Gasteiger partial charge in [0.15, 0.2) is 0 Å². The molecule has 140 valence electrons. The zero-order valence-corrected chi connectivity index (χ0v) is 15.4. The number of nitrogens with one attached hydrogen (secondary N) is 1. The largest absolute Gasteiger partial charge is 0.489 e. The Labute approximate surface area is 153 Å². The number of benzene rings is 2. The molecule has 2 aromatic carbocycles. The van der Waals surface area contributed by atoms with Gasteiger partial charge in [-0.05, 0) is 35.6 Å². The molecule has 0 atom stereocenters. The molecule has 0 spiro atoms. The maximum absolute atomic E-state index is 13.4. The van der Waals surface area contributed by atoms with Crippen molar-refractivity contribution >= 4 is 5.91 Å². The van der Waals surface area contributed by atoms with E-state index in [0.717, 1.165) is 18.4 Å². The fourth-order valence-electron chi connectivity index (χ4n) is 2.88. The van der Waals surface area contributed by atoms with E-state index in [1.807, 2.05) is 19.1 Å². The van der Waals surface area contributed by atoms with Crippen molar-refractivity contribution in [2.45, 2.75) is 46.1 Å². The van der Waals surface area contributed by atoms with E-state index < -0.39 is 6.43 Å². The number of carbonyl (C=O) groups is 1. The summed E-state index contributed by atoms with van der Waals surface area (Å²) in [5, 5.41) is 2.53. The maximum atomic E-state index is 13.4. The minimum absolute atomic E-state index is 0.00527. The van der Waals surface area contributed by atoms with E-state index in [0.29, 0.717) is 16.9 Å². The second kappa shape index (κ2) is 9.32. The number of ether oxygens (including phenoxy) is 1. The first-order valence-electron chi connectivity index (χ1n) is 8.84. The third kappa shape index (κ3) is 4.81. The summed E-state index contributed by atoms with van der Waals surface area (Å²) >= 11 is 0. The van der Waals surface area contributed by atoms with Gasteiger partial charge in [0.2, 0.25) is 5.91 Å². The Morgan fingerprint density at radius 3 is 2.50 bits per heavy atom. The van der Waals surface area contributed by atoms with Crippen LogP contribution in [0.4, 0.5) is 8.78 Å². The van der Waals surface area contributed by atoms with Gasteiger partial charge in [-0.1, -0.05) is 44.2 Å². The van der Waals surface area contributed by atoms with E-state index in [-0.39, 0.29) is 24.5 Å². The number of likely N-dealkylation sites (N-methyl/N-ethyl adjacent to an activating group) is 1. The Morgan fingerprint density at radius 1 is 1.12 bits per heavy atom. The van der Waals surface area contributed by atoms with Gasteiger partial charge in [-0.25, -0.2) is 8.78 Å². The molecule has 0 radical (unpaired) electrons. The minimum Gasteiger partial charge on any atom is -0.489 e. The normalized spacial score (nSPS) is 10.8. The molecule has 26 heavy (non-hydrogen) atoms. The highest BCUT2D eigenvalue weighted by molar-refractivity contribution is 5.78. The molecule has 0 fully saturated rings. The highest BCUT2D eigenvalue weighted by atomic mass is 19.3. The van der Waals surface area contributed by atoms with Crippen molar-refractivity contribution in [1.82, 2.24) is 5.32 Å². The number of hydrogen-bond acceptors (Lipinski definition) is 2. The van der Waals surface area contributed by atoms with Crippen LogP contribution in [0.2, 0.25) is 0 Å². The lowest BCUT2D eigenvalue weighted by atomic mass is 9.99. The molecule has 5 heteroatoms. The van der Waals surface area contributed by atoms with Crippen LogP contribution >= 0.6 is 0 Å². The molecular formula is C21H25F2NO2. The van der Waals surface area contributed by atoms with Gasteiger partial charge in [0.1, 0.15) is 12.4 Å². The molecule has 0 heterocycles. The fraction of sp³-hybridized carbons (Fsp3) is 0.381. The average molecular weight is 361 g/mol. The van der Waals surface area contributed by atoms with Crippen LogP contribution in [-0.4, -0.2) is 13.0 Å². The van der Waals surface area contributed by atoms with Crippen molar-refractivity contribution in [3.05, 3.63) is 64.2 Å². The molecule has 0 saturated carbocycles. The van der Waals surface area contributed by atoms with Crippen molar-refractivity contribution in [3.63, 3.8) is 0 Å². The van der Waals surface area contributed by atoms with Crippen molar-refractivity contribution in [2.24, 2.45) is 0 Å². The molecule has 3 nitrogen and oxygen atoms in total. The lowest BCUT2D eigenvalue weighted by Gasteiger charge is -2.17. The van der Waals surface area contributed by atoms with Crippen LogP contribution in [-0.2, 0) is 30.7 Å². The quantitative estimate of drug-likeness (QED) is 0.745. The van der Waals surface area contributed by atoms with Gasteiger partial charge in [0.05, 0.1) is 6.42 Å². The van der Waals surface area contributed by atoms with Crippen molar-refractivity contribution < 1.29 is 18.3 Å². The van der Waals surface area contributed by atoms with E-state index in [1.54, 1.807) is 12.1 Å². The Balaban J connectivity index is 2.31. The summed E-state index contributed by atoms with van der Waals surface area (Å²) in [7, 11) is 1.53. The second-order valence-corrected chi connectivity index (χ2v) is 6.07. The molecule has 0 aromatic heterocycles. The van der Waals surface area contributed by atoms with Gasteiger partial charge in [0.25, 0.3) is 6.43 Å². The van der Waals surface area contributed by atoms with E-state index in [9.17, 15) is 13.6 Å². The Kier molecular flexibility index (Phi) is 7.13. The second-order valence-electron chi connectivity index (χ2n) is 6.07. The summed E-state index contributed by atoms with van der Waals surface area (Å²) in [6.07, 6.45) is -0.848. The summed E-state index contributed by atoms with van der Waals surface area (Å²) in [6.45, 7) is 4.12. The topological polar surface area (TPSA) is 38.3 Å². The van der Waals surface area contributed by atoms with Gasteiger partial charge in [-0.15, -0.1) is 0 Å². The molecule has 2 aromatic rings. The summed E-state index contributed by atoms with van der Waals surface area (Å²) < 4.78 is 32.8. The number of carbonyl (C=O) groups excluding carboxylic acids is 1. The van der Waals surface area contributed by atoms with Crippen LogP contribution in [0, 0.1) is 0 Å². The van der Waals surface area contributed by atoms with Crippen LogP contribution in [0.15, 0.2) is 36.4 Å². The fourth-order valence-corrected chi connectivity index (χ4v) is 2.88. The highest BCUT2D eigenvalue weighted by Crippen LogP contribution is 2.29. The molecule has 2 rings (SSSR count). The zero-order chi connectivity index (χ0) is 19.1. The predicted octanol–water partition coefficient (Wildman–Crippen LogP) is 4.62. The summed E-state index contributed by atoms with van der Waals surface area (Å²) in [6, 6.07) is 10.6. The number of halogens is 2. The summed E-state index contributed by atoms with van der Waals surface area (Å²) in [5.41, 5.74) is 3.11. The van der Waals surface area contributed by atoms with E-state index >= 15 is 0 Å². The smallest absolute Gasteiger partial charge is 0.264 e. The molecular weight excluding hydrogens is 336 g/mol. The summed E-state index contributed by atoms with van der Waals surface area (Å²) in [5.74, 6) is 0.471. The number of alkyl halides is 2. The number of aryl methyl sites for hydroxylation is 2. The van der Waals surface area contributed by atoms with Crippen LogP contribution in [0.25, 0.3) is 0 Å². The lowest BCUT2D eigenvalue weighted by molar-refractivity contribution is -0.119. The maximum Gasteiger partial charge on any atom is 0.264 e. The molecule has 1 amide bonds. The number of rotatable bonds is 8. The molecule has 0 aliphatic carbocycles. The molecule has 0 unspecified atom stereocenters. The Morgan fingerprint density at radius 2 is 1.88 bits per heavy atom. The SMILES string of the molecule is CCc1ccc(OCc2c(CC(=O)NC)cccc2C(F)F)c(CC)c1. The van der Waals surface area contributed by atoms with Gasteiger partial charge in [0, 0.05) is 18.2 Å². The van der Waals surface area contributed by atoms with Gasteiger partial charge < -0.3 is 10.1 Å². The molecule has 0 aliphatic heterocycles. The predicted molar refractivity (Wildman–Crippen MR) is 98.7 cm³/mol. The average Bonchev–Trinajstić information content (AvgIpc) is 2.66. The van der Waals surface area contributed by atoms with Crippen molar-refractivity contribution in [3.8, 4) is 5.75 Å². The molecule has 1 N–H and O–H groups in total. The van der Waals surface area contributed by atoms with Gasteiger partial charge >= 0.3 is 0 Å². The van der Waals surface area contributed by atoms with E-state index in [1.165, 1.54) is 18.7 Å². The van der Waals surface area contributed by atoms with E-state index in [4.69, 9.17) is 4.74 Å². The first kappa shape index (κ1) is 19.9. The van der Waals surface area contributed by atoms with Crippen LogP contribution in [0.1, 0.15) is 48.1 Å². The third-order valence-corrected chi connectivity index (χ3v) is 4.46. The van der Waals surface area contributed by atoms with Crippen molar-refractivity contribution in [1.29, 1.82) is 0 Å². The lowest BCUT2D eigenvalue weighted by Crippen LogP contribution is -2.21. The first-order chi connectivity index (χ1) is 12.5. The number of amides is 1. The van der Waals surface area contributed by atoms with E-state index in [2.05, 4.69) is 18.3 Å². The monoisotopic (exact) mass is 361 g/mol. The Hall–Kier alpha value is -2.43. The number of hydrogen-bond donors (Lipinski definition) is 1. The first-order valence-corrected chi connectivity index (χ1v) is 8.84. The molecule has 0 aliphatic rings. The van der Waals surface area contributed by atoms with Gasteiger partial charge in [-0.2, -0.15) is 0 Å². The third-order valence-electron chi connectivity index (χ3n) is 4.46. The van der Waals surface area contributed by atoms with Crippen molar-refractivity contribution in [2.75, 3.05) is 7.05 Å². The van der Waals surface area contributed by atoms with Gasteiger partial charge in [-0.3, -0.25) is 4.79 Å². The molecule has 0 saturated heterocycles. The standard InChI is InChI=1S/C21H25F2NO2/c1-4-14-9-10-19(15(5-2)11-14)26-13-18-16(12-20(25)24-3)7-6-8-17(18)21(22)23/h6-11,21H,4-5,12-13H2,1-3H3,(H,24,25).